The Hall–Kier alpha value is -2.52. The number of aryl methyl sites for hydroxylation is 1. The van der Waals surface area contributed by atoms with Crippen LogP contribution in [0.4, 0.5) is 15.8 Å². The second-order valence-corrected chi connectivity index (χ2v) is 6.16. The molecule has 2 aromatic carbocycles. The lowest BCUT2D eigenvalue weighted by Gasteiger charge is -2.10. The van der Waals surface area contributed by atoms with Crippen LogP contribution in [0, 0.1) is 25.1 Å². The number of hydrogen-bond acceptors (Lipinski definition) is 3. The molecule has 0 amide bonds. The highest BCUT2D eigenvalue weighted by Crippen LogP contribution is 2.23. The Labute approximate surface area is 122 Å². The number of benzene rings is 2. The van der Waals surface area contributed by atoms with Gasteiger partial charge in [0.1, 0.15) is 5.82 Å². The van der Waals surface area contributed by atoms with Gasteiger partial charge in [0.25, 0.3) is 10.0 Å². The van der Waals surface area contributed by atoms with Gasteiger partial charge in [-0.1, -0.05) is 12.0 Å². The molecule has 0 saturated heterocycles. The van der Waals surface area contributed by atoms with Gasteiger partial charge in [-0.05, 0) is 42.8 Å². The van der Waals surface area contributed by atoms with E-state index in [1.165, 1.54) is 19.1 Å². The average molecular weight is 304 g/mol. The Bertz CT molecular complexity index is 816. The summed E-state index contributed by atoms with van der Waals surface area (Å²) in [6, 6.07) is 8.71. The minimum atomic E-state index is -3.87. The van der Waals surface area contributed by atoms with Crippen molar-refractivity contribution >= 4 is 21.4 Å². The summed E-state index contributed by atoms with van der Waals surface area (Å²) in [6.45, 7) is 1.45. The molecule has 0 aliphatic heterocycles. The smallest absolute Gasteiger partial charge is 0.261 e. The van der Waals surface area contributed by atoms with E-state index in [9.17, 15) is 12.8 Å². The van der Waals surface area contributed by atoms with Gasteiger partial charge in [0.2, 0.25) is 0 Å². The molecule has 4 nitrogen and oxygen atoms in total. The van der Waals surface area contributed by atoms with E-state index >= 15 is 0 Å². The van der Waals surface area contributed by atoms with Crippen molar-refractivity contribution in [2.75, 3.05) is 10.5 Å². The average Bonchev–Trinajstić information content (AvgIpc) is 2.44. The summed E-state index contributed by atoms with van der Waals surface area (Å²) in [6.07, 6.45) is 5.26. The van der Waals surface area contributed by atoms with Crippen LogP contribution in [0.3, 0.4) is 0 Å². The van der Waals surface area contributed by atoms with Gasteiger partial charge in [-0.25, -0.2) is 12.8 Å². The number of nitrogens with one attached hydrogen (secondary N) is 1. The number of nitrogens with two attached hydrogens (primary N) is 1. The van der Waals surface area contributed by atoms with Crippen molar-refractivity contribution in [3.63, 3.8) is 0 Å². The van der Waals surface area contributed by atoms with Crippen molar-refractivity contribution in [3.05, 3.63) is 53.3 Å². The first kappa shape index (κ1) is 14.9. The van der Waals surface area contributed by atoms with E-state index in [4.69, 9.17) is 12.2 Å². The molecule has 0 aromatic heterocycles. The summed E-state index contributed by atoms with van der Waals surface area (Å²) < 4.78 is 40.4. The van der Waals surface area contributed by atoms with E-state index in [0.29, 0.717) is 11.3 Å². The summed E-state index contributed by atoms with van der Waals surface area (Å²) in [4.78, 5) is -0.106. The number of sulfonamides is 1. The van der Waals surface area contributed by atoms with Crippen LogP contribution in [0.25, 0.3) is 0 Å². The fourth-order valence-electron chi connectivity index (χ4n) is 1.80. The Balaban J connectivity index is 2.41. The highest BCUT2D eigenvalue weighted by atomic mass is 32.2. The molecule has 0 radical (unpaired) electrons. The van der Waals surface area contributed by atoms with Gasteiger partial charge in [-0.2, -0.15) is 0 Å². The maximum absolute atomic E-state index is 13.5. The van der Waals surface area contributed by atoms with Gasteiger partial charge in [-0.3, -0.25) is 4.72 Å². The molecule has 0 fully saturated rings. The van der Waals surface area contributed by atoms with E-state index in [-0.39, 0.29) is 16.1 Å². The van der Waals surface area contributed by atoms with E-state index in [1.807, 2.05) is 0 Å². The number of nitrogen functional groups attached to an aromatic ring is 1. The van der Waals surface area contributed by atoms with Crippen LogP contribution in [0.5, 0.6) is 0 Å². The van der Waals surface area contributed by atoms with Crippen LogP contribution >= 0.6 is 0 Å². The third-order valence-corrected chi connectivity index (χ3v) is 4.21. The van der Waals surface area contributed by atoms with Crippen molar-refractivity contribution < 1.29 is 12.8 Å². The zero-order valence-corrected chi connectivity index (χ0v) is 12.0. The highest BCUT2D eigenvalue weighted by molar-refractivity contribution is 7.92. The molecule has 0 aliphatic rings. The predicted molar refractivity (Wildman–Crippen MR) is 80.7 cm³/mol. The predicted octanol–water partition coefficient (Wildman–Crippen LogP) is 2.50. The largest absolute Gasteiger partial charge is 0.396 e. The van der Waals surface area contributed by atoms with Crippen LogP contribution < -0.4 is 10.5 Å². The molecule has 2 rings (SSSR count). The second kappa shape index (κ2) is 5.46. The molecule has 0 unspecified atom stereocenters. The van der Waals surface area contributed by atoms with Gasteiger partial charge in [0.05, 0.1) is 16.3 Å². The molecular formula is C15H13FN2O2S. The topological polar surface area (TPSA) is 72.2 Å². The first-order valence-corrected chi connectivity index (χ1v) is 7.47. The lowest BCUT2D eigenvalue weighted by Crippen LogP contribution is -2.14. The molecule has 0 saturated carbocycles. The molecule has 0 aliphatic carbocycles. The minimum absolute atomic E-state index is 0.106. The highest BCUT2D eigenvalue weighted by Gasteiger charge is 2.17. The summed E-state index contributed by atoms with van der Waals surface area (Å²) >= 11 is 0. The lowest BCUT2D eigenvalue weighted by molar-refractivity contribution is 0.599. The van der Waals surface area contributed by atoms with Crippen molar-refractivity contribution in [3.8, 4) is 12.3 Å². The third kappa shape index (κ3) is 3.15. The first-order valence-electron chi connectivity index (χ1n) is 5.98. The molecule has 6 heteroatoms. The van der Waals surface area contributed by atoms with E-state index in [0.717, 1.165) is 6.07 Å². The maximum atomic E-state index is 13.5. The van der Waals surface area contributed by atoms with E-state index in [1.54, 1.807) is 18.2 Å². The molecule has 108 valence electrons. The Morgan fingerprint density at radius 2 is 2.00 bits per heavy atom. The van der Waals surface area contributed by atoms with Crippen molar-refractivity contribution in [2.24, 2.45) is 0 Å². The maximum Gasteiger partial charge on any atom is 0.261 e. The zero-order valence-electron chi connectivity index (χ0n) is 11.2. The quantitative estimate of drug-likeness (QED) is 0.676. The summed E-state index contributed by atoms with van der Waals surface area (Å²) in [5, 5.41) is 0. The zero-order chi connectivity index (χ0) is 15.6. The molecule has 2 aromatic rings. The van der Waals surface area contributed by atoms with Crippen LogP contribution in [0.15, 0.2) is 41.3 Å². The Morgan fingerprint density at radius 3 is 2.62 bits per heavy atom. The number of anilines is 2. The van der Waals surface area contributed by atoms with Gasteiger partial charge in [-0.15, -0.1) is 6.42 Å². The van der Waals surface area contributed by atoms with E-state index in [2.05, 4.69) is 10.6 Å². The molecule has 0 atom stereocenters. The van der Waals surface area contributed by atoms with Crippen LogP contribution in [-0.2, 0) is 10.0 Å². The van der Waals surface area contributed by atoms with Gasteiger partial charge >= 0.3 is 0 Å². The SMILES string of the molecule is C#Cc1cccc(NS(=O)(=O)c2cc(C)c(F)c(N)c2)c1. The molecule has 0 heterocycles. The van der Waals surface area contributed by atoms with Crippen molar-refractivity contribution in [2.45, 2.75) is 11.8 Å². The van der Waals surface area contributed by atoms with Crippen molar-refractivity contribution in [1.82, 2.24) is 0 Å². The fourth-order valence-corrected chi connectivity index (χ4v) is 2.97. The summed E-state index contributed by atoms with van der Waals surface area (Å²) in [7, 11) is -3.87. The van der Waals surface area contributed by atoms with Crippen LogP contribution in [-0.4, -0.2) is 8.42 Å². The normalized spacial score (nSPS) is 10.9. The van der Waals surface area contributed by atoms with Gasteiger partial charge in [0, 0.05) is 5.56 Å². The van der Waals surface area contributed by atoms with Crippen molar-refractivity contribution in [1.29, 1.82) is 0 Å². The molecule has 3 N–H and O–H groups in total. The number of hydrogen-bond donors (Lipinski definition) is 2. The molecular weight excluding hydrogens is 291 g/mol. The van der Waals surface area contributed by atoms with Gasteiger partial charge < -0.3 is 5.73 Å². The summed E-state index contributed by atoms with van der Waals surface area (Å²) in [5.41, 5.74) is 6.28. The van der Waals surface area contributed by atoms with E-state index < -0.39 is 15.8 Å². The van der Waals surface area contributed by atoms with Gasteiger partial charge in [0.15, 0.2) is 0 Å². The number of rotatable bonds is 3. The molecule has 0 spiro atoms. The third-order valence-electron chi connectivity index (χ3n) is 2.85. The van der Waals surface area contributed by atoms with Crippen LogP contribution in [0.2, 0.25) is 0 Å². The lowest BCUT2D eigenvalue weighted by atomic mass is 10.2. The monoisotopic (exact) mass is 304 g/mol. The number of terminal acetylenes is 1. The Kier molecular flexibility index (Phi) is 3.87. The number of halogens is 1. The molecule has 0 bridgehead atoms. The second-order valence-electron chi connectivity index (χ2n) is 4.47. The summed E-state index contributed by atoms with van der Waals surface area (Å²) in [5.74, 6) is 1.79. The standard InChI is InChI=1S/C15H13FN2O2S/c1-3-11-5-4-6-12(8-11)18-21(19,20)13-7-10(2)15(16)14(17)9-13/h1,4-9,18H,17H2,2H3. The fraction of sp³-hybridized carbons (Fsp3) is 0.0667. The Morgan fingerprint density at radius 1 is 1.29 bits per heavy atom. The van der Waals surface area contributed by atoms with Crippen LogP contribution in [0.1, 0.15) is 11.1 Å². The minimum Gasteiger partial charge on any atom is -0.396 e. The first-order chi connectivity index (χ1) is 9.83. The molecule has 21 heavy (non-hydrogen) atoms.